The van der Waals surface area contributed by atoms with Crippen molar-refractivity contribution in [1.82, 2.24) is 0 Å². The second kappa shape index (κ2) is 9.51. The van der Waals surface area contributed by atoms with Crippen LogP contribution in [0.1, 0.15) is 36.0 Å². The zero-order valence-electron chi connectivity index (χ0n) is 18.3. The molecule has 0 aliphatic carbocycles. The van der Waals surface area contributed by atoms with Gasteiger partial charge >= 0.3 is 0 Å². The van der Waals surface area contributed by atoms with E-state index in [9.17, 15) is 0 Å². The summed E-state index contributed by atoms with van der Waals surface area (Å²) in [7, 11) is 8.31. The van der Waals surface area contributed by atoms with Crippen LogP contribution < -0.4 is 15.1 Å². The van der Waals surface area contributed by atoms with Crippen LogP contribution in [0.25, 0.3) is 0 Å². The van der Waals surface area contributed by atoms with Crippen molar-refractivity contribution in [2.45, 2.75) is 19.3 Å². The third-order valence-corrected chi connectivity index (χ3v) is 5.31. The van der Waals surface area contributed by atoms with Gasteiger partial charge in [0.15, 0.2) is 0 Å². The van der Waals surface area contributed by atoms with E-state index in [1.807, 2.05) is 0 Å². The minimum Gasteiger partial charge on any atom is -0.385 e. The van der Waals surface area contributed by atoms with Crippen LogP contribution in [0, 0.1) is 0 Å². The van der Waals surface area contributed by atoms with Crippen LogP contribution in [-0.4, -0.2) is 34.7 Å². The number of hydrogen-bond donors (Lipinski definition) is 1. The molecule has 0 saturated carbocycles. The summed E-state index contributed by atoms with van der Waals surface area (Å²) >= 11 is 0. The van der Waals surface area contributed by atoms with Gasteiger partial charge in [-0.05, 0) is 59.5 Å². The lowest BCUT2D eigenvalue weighted by Crippen LogP contribution is -2.10. The Kier molecular flexibility index (Phi) is 6.82. The smallest absolute Gasteiger partial charge is 0.0361 e. The van der Waals surface area contributed by atoms with Gasteiger partial charge in [0.25, 0.3) is 0 Å². The summed E-state index contributed by atoms with van der Waals surface area (Å²) in [6.45, 7) is 3.19. The highest BCUT2D eigenvalue weighted by Crippen LogP contribution is 2.34. The summed E-state index contributed by atoms with van der Waals surface area (Å²) < 4.78 is 0. The van der Waals surface area contributed by atoms with Gasteiger partial charge in [-0.2, -0.15) is 0 Å². The number of nitrogens with one attached hydrogen (secondary N) is 1. The lowest BCUT2D eigenvalue weighted by atomic mass is 9.85. The molecule has 0 atom stereocenters. The molecule has 152 valence electrons. The van der Waals surface area contributed by atoms with Crippen molar-refractivity contribution < 1.29 is 0 Å². The molecule has 3 aromatic carbocycles. The normalized spacial score (nSPS) is 10.8. The Hall–Kier alpha value is -2.94. The van der Waals surface area contributed by atoms with Crippen molar-refractivity contribution in [2.24, 2.45) is 0 Å². The van der Waals surface area contributed by atoms with E-state index in [1.165, 1.54) is 33.8 Å². The molecule has 3 aromatic rings. The average Bonchev–Trinajstić information content (AvgIpc) is 2.74. The number of anilines is 3. The Labute approximate surface area is 176 Å². The Morgan fingerprint density at radius 3 is 1.34 bits per heavy atom. The van der Waals surface area contributed by atoms with E-state index in [2.05, 4.69) is 123 Å². The molecule has 0 aliphatic rings. The molecule has 0 radical (unpaired) electrons. The molecule has 3 heteroatoms. The standard InChI is InChI=1S/C26H33N3/c1-6-19-27-23-13-7-20(8-14-23)26(21-9-15-24(16-10-21)28(2)3)22-11-17-25(18-12-22)29(4)5/h7-18,26-27H,6,19H2,1-5H3. The number of hydrogen-bond acceptors (Lipinski definition) is 3. The van der Waals surface area contributed by atoms with Gasteiger partial charge in [0, 0.05) is 57.7 Å². The Bertz CT molecular complexity index is 827. The second-order valence-corrected chi connectivity index (χ2v) is 7.95. The molecule has 0 bridgehead atoms. The van der Waals surface area contributed by atoms with Crippen molar-refractivity contribution in [3.63, 3.8) is 0 Å². The molecule has 0 fully saturated rings. The number of nitrogens with zero attached hydrogens (tertiary/aromatic N) is 2. The molecule has 0 saturated heterocycles. The maximum Gasteiger partial charge on any atom is 0.0361 e. The van der Waals surface area contributed by atoms with Gasteiger partial charge < -0.3 is 15.1 Å². The fourth-order valence-corrected chi connectivity index (χ4v) is 3.57. The molecule has 3 rings (SSSR count). The van der Waals surface area contributed by atoms with E-state index >= 15 is 0 Å². The second-order valence-electron chi connectivity index (χ2n) is 7.95. The van der Waals surface area contributed by atoms with Crippen LogP contribution >= 0.6 is 0 Å². The molecule has 3 nitrogen and oxygen atoms in total. The molecule has 0 amide bonds. The van der Waals surface area contributed by atoms with Gasteiger partial charge in [-0.1, -0.05) is 43.3 Å². The first-order valence-electron chi connectivity index (χ1n) is 10.4. The van der Waals surface area contributed by atoms with E-state index in [0.29, 0.717) is 0 Å². The molecule has 29 heavy (non-hydrogen) atoms. The van der Waals surface area contributed by atoms with Gasteiger partial charge in [-0.3, -0.25) is 0 Å². The van der Waals surface area contributed by atoms with Crippen molar-refractivity contribution >= 4 is 17.1 Å². The average molecular weight is 388 g/mol. The number of benzene rings is 3. The fraction of sp³-hybridized carbons (Fsp3) is 0.308. The zero-order chi connectivity index (χ0) is 20.8. The van der Waals surface area contributed by atoms with Crippen LogP contribution in [0.15, 0.2) is 72.8 Å². The molecule has 0 unspecified atom stereocenters. The van der Waals surface area contributed by atoms with E-state index in [1.54, 1.807) is 0 Å². The zero-order valence-corrected chi connectivity index (χ0v) is 18.3. The molecule has 0 aliphatic heterocycles. The summed E-state index contributed by atoms with van der Waals surface area (Å²) in [5.74, 6) is 0.211. The van der Waals surface area contributed by atoms with Crippen molar-refractivity contribution in [3.05, 3.63) is 89.5 Å². The van der Waals surface area contributed by atoms with Crippen molar-refractivity contribution in [2.75, 3.05) is 49.9 Å². The topological polar surface area (TPSA) is 18.5 Å². The minimum absolute atomic E-state index is 0.211. The Morgan fingerprint density at radius 2 is 1.00 bits per heavy atom. The maximum atomic E-state index is 3.47. The predicted octanol–water partition coefficient (Wildman–Crippen LogP) is 5.82. The van der Waals surface area contributed by atoms with Gasteiger partial charge in [-0.15, -0.1) is 0 Å². The first-order valence-corrected chi connectivity index (χ1v) is 10.4. The van der Waals surface area contributed by atoms with Crippen molar-refractivity contribution in [3.8, 4) is 0 Å². The molecular formula is C26H33N3. The summed E-state index contributed by atoms with van der Waals surface area (Å²) in [5, 5.41) is 3.47. The summed E-state index contributed by atoms with van der Waals surface area (Å²) in [4.78, 5) is 4.28. The minimum atomic E-state index is 0.211. The monoisotopic (exact) mass is 387 g/mol. The third-order valence-electron chi connectivity index (χ3n) is 5.31. The van der Waals surface area contributed by atoms with Crippen molar-refractivity contribution in [1.29, 1.82) is 0 Å². The summed E-state index contributed by atoms with van der Waals surface area (Å²) in [6.07, 6.45) is 1.13. The van der Waals surface area contributed by atoms with E-state index < -0.39 is 0 Å². The van der Waals surface area contributed by atoms with Crippen LogP contribution in [0.5, 0.6) is 0 Å². The number of rotatable bonds is 8. The van der Waals surface area contributed by atoms with E-state index in [4.69, 9.17) is 0 Å². The SMILES string of the molecule is CCCNc1ccc(C(c2ccc(N(C)C)cc2)c2ccc(N(C)C)cc2)cc1. The Morgan fingerprint density at radius 1 is 0.621 bits per heavy atom. The van der Waals surface area contributed by atoms with Crippen LogP contribution in [0.4, 0.5) is 17.1 Å². The van der Waals surface area contributed by atoms with E-state index in [-0.39, 0.29) is 5.92 Å². The van der Waals surface area contributed by atoms with E-state index in [0.717, 1.165) is 13.0 Å². The highest BCUT2D eigenvalue weighted by atomic mass is 15.1. The van der Waals surface area contributed by atoms with Crippen LogP contribution in [-0.2, 0) is 0 Å². The van der Waals surface area contributed by atoms with Gasteiger partial charge in [0.2, 0.25) is 0 Å². The lowest BCUT2D eigenvalue weighted by Gasteiger charge is -2.22. The van der Waals surface area contributed by atoms with Crippen LogP contribution in [0.3, 0.4) is 0 Å². The fourth-order valence-electron chi connectivity index (χ4n) is 3.57. The highest BCUT2D eigenvalue weighted by Gasteiger charge is 2.17. The highest BCUT2D eigenvalue weighted by molar-refractivity contribution is 5.55. The Balaban J connectivity index is 1.98. The molecule has 0 heterocycles. The molecule has 0 aromatic heterocycles. The first kappa shape index (κ1) is 20.8. The van der Waals surface area contributed by atoms with Gasteiger partial charge in [0.05, 0.1) is 0 Å². The third kappa shape index (κ3) is 5.11. The summed E-state index contributed by atoms with van der Waals surface area (Å²) in [5.41, 5.74) is 7.54. The van der Waals surface area contributed by atoms with Crippen LogP contribution in [0.2, 0.25) is 0 Å². The maximum absolute atomic E-state index is 3.47. The molecule has 0 spiro atoms. The first-order chi connectivity index (χ1) is 14.0. The lowest BCUT2D eigenvalue weighted by molar-refractivity contribution is 0.966. The van der Waals surface area contributed by atoms with Gasteiger partial charge in [0.1, 0.15) is 0 Å². The molecular weight excluding hydrogens is 354 g/mol. The quantitative estimate of drug-likeness (QED) is 0.491. The predicted molar refractivity (Wildman–Crippen MR) is 128 cm³/mol. The molecule has 1 N–H and O–H groups in total. The summed E-state index contributed by atoms with van der Waals surface area (Å²) in [6, 6.07) is 26.7. The largest absolute Gasteiger partial charge is 0.385 e. The van der Waals surface area contributed by atoms with Gasteiger partial charge in [-0.25, -0.2) is 0 Å².